The quantitative estimate of drug-likeness (QED) is 0.875. The predicted molar refractivity (Wildman–Crippen MR) is 67.0 cm³/mol. The largest absolute Gasteiger partial charge is 0.497 e. The smallest absolute Gasteiger partial charge is 0.210 e. The minimum atomic E-state index is 0.823. The van der Waals surface area contributed by atoms with Crippen molar-refractivity contribution in [1.29, 1.82) is 0 Å². The average molecular weight is 248 g/mol. The number of fused-ring (bicyclic) bond motifs is 1. The molecule has 5 nitrogen and oxygen atoms in total. The highest BCUT2D eigenvalue weighted by Crippen LogP contribution is 2.26. The third-order valence-electron chi connectivity index (χ3n) is 2.56. The van der Waals surface area contributed by atoms with E-state index in [2.05, 4.69) is 15.6 Å². The van der Waals surface area contributed by atoms with Crippen LogP contribution in [0.4, 0.5) is 0 Å². The van der Waals surface area contributed by atoms with Crippen LogP contribution >= 0.6 is 11.8 Å². The monoisotopic (exact) mass is 248 g/mol. The second-order valence-electron chi connectivity index (χ2n) is 3.63. The molecule has 6 heteroatoms. The molecule has 2 aromatic rings. The number of nitrogens with one attached hydrogen (secondary N) is 1. The second kappa shape index (κ2) is 4.29. The Kier molecular flexibility index (Phi) is 2.64. The van der Waals surface area contributed by atoms with Crippen molar-refractivity contribution in [2.24, 2.45) is 0 Å². The van der Waals surface area contributed by atoms with Crippen molar-refractivity contribution in [3.05, 3.63) is 24.3 Å². The van der Waals surface area contributed by atoms with Gasteiger partial charge in [0.1, 0.15) is 5.75 Å². The van der Waals surface area contributed by atoms with Gasteiger partial charge in [0.05, 0.1) is 7.11 Å². The van der Waals surface area contributed by atoms with Gasteiger partial charge in [0, 0.05) is 17.9 Å². The minimum absolute atomic E-state index is 0.823. The Bertz CT molecular complexity index is 540. The summed E-state index contributed by atoms with van der Waals surface area (Å²) >= 11 is 1.71. The molecule has 0 atom stereocenters. The minimum Gasteiger partial charge on any atom is -0.497 e. The Morgan fingerprint density at radius 3 is 3.24 bits per heavy atom. The molecule has 0 spiro atoms. The van der Waals surface area contributed by atoms with Gasteiger partial charge in [-0.25, -0.2) is 4.68 Å². The van der Waals surface area contributed by atoms with Crippen LogP contribution in [0.2, 0.25) is 0 Å². The standard InChI is InChI=1S/C11H12N4OS/c1-16-9-4-2-3-8(7-9)10-13-14-11-15(10)12-5-6-17-11/h2-4,7,12H,5-6H2,1H3. The van der Waals surface area contributed by atoms with Crippen molar-refractivity contribution in [3.63, 3.8) is 0 Å². The lowest BCUT2D eigenvalue weighted by atomic mass is 10.2. The molecule has 0 amide bonds. The third kappa shape index (κ3) is 1.84. The molecule has 1 aromatic heterocycles. The van der Waals surface area contributed by atoms with E-state index in [1.54, 1.807) is 18.9 Å². The van der Waals surface area contributed by atoms with Crippen LogP contribution in [0.25, 0.3) is 11.4 Å². The summed E-state index contributed by atoms with van der Waals surface area (Å²) in [6.07, 6.45) is 0. The normalized spacial score (nSPS) is 13.9. The van der Waals surface area contributed by atoms with Crippen LogP contribution in [0.15, 0.2) is 29.4 Å². The molecule has 2 heterocycles. The molecule has 0 unspecified atom stereocenters. The molecular formula is C11H12N4OS. The molecule has 17 heavy (non-hydrogen) atoms. The van der Waals surface area contributed by atoms with Crippen LogP contribution < -0.4 is 10.2 Å². The molecule has 0 radical (unpaired) electrons. The maximum Gasteiger partial charge on any atom is 0.210 e. The van der Waals surface area contributed by atoms with E-state index in [0.29, 0.717) is 0 Å². The topological polar surface area (TPSA) is 52.0 Å². The molecule has 3 rings (SSSR count). The summed E-state index contributed by atoms with van der Waals surface area (Å²) in [5, 5.41) is 9.29. The van der Waals surface area contributed by atoms with E-state index in [1.807, 2.05) is 28.9 Å². The van der Waals surface area contributed by atoms with Crippen LogP contribution in [0, 0.1) is 0 Å². The van der Waals surface area contributed by atoms with E-state index in [-0.39, 0.29) is 0 Å². The number of nitrogens with zero attached hydrogens (tertiary/aromatic N) is 3. The fourth-order valence-electron chi connectivity index (χ4n) is 1.75. The van der Waals surface area contributed by atoms with Gasteiger partial charge in [-0.1, -0.05) is 23.9 Å². The molecule has 0 saturated carbocycles. The number of aromatic nitrogens is 3. The fourth-order valence-corrected chi connectivity index (χ4v) is 2.51. The Balaban J connectivity index is 2.05. The van der Waals surface area contributed by atoms with E-state index >= 15 is 0 Å². The van der Waals surface area contributed by atoms with Gasteiger partial charge in [-0.15, -0.1) is 10.2 Å². The van der Waals surface area contributed by atoms with Crippen molar-refractivity contribution in [3.8, 4) is 17.1 Å². The summed E-state index contributed by atoms with van der Waals surface area (Å²) in [7, 11) is 1.66. The number of methoxy groups -OCH3 is 1. The van der Waals surface area contributed by atoms with Gasteiger partial charge in [0.15, 0.2) is 5.82 Å². The number of benzene rings is 1. The lowest BCUT2D eigenvalue weighted by Crippen LogP contribution is -2.23. The molecule has 1 aliphatic heterocycles. The highest BCUT2D eigenvalue weighted by atomic mass is 32.2. The van der Waals surface area contributed by atoms with Crippen LogP contribution in [0.1, 0.15) is 0 Å². The zero-order valence-corrected chi connectivity index (χ0v) is 10.2. The fraction of sp³-hybridized carbons (Fsp3) is 0.273. The van der Waals surface area contributed by atoms with Crippen LogP contribution in [-0.4, -0.2) is 34.3 Å². The number of thioether (sulfide) groups is 1. The van der Waals surface area contributed by atoms with Crippen molar-refractivity contribution < 1.29 is 4.74 Å². The Morgan fingerprint density at radius 2 is 2.35 bits per heavy atom. The molecule has 1 aromatic carbocycles. The van der Waals surface area contributed by atoms with Gasteiger partial charge in [-0.05, 0) is 12.1 Å². The maximum absolute atomic E-state index is 5.21. The van der Waals surface area contributed by atoms with Crippen molar-refractivity contribution in [1.82, 2.24) is 14.9 Å². The first-order chi connectivity index (χ1) is 8.38. The SMILES string of the molecule is COc1cccc(-c2nnc3n2NCCS3)c1. The predicted octanol–water partition coefficient (Wildman–Crippen LogP) is 1.60. The Labute approximate surface area is 103 Å². The highest BCUT2D eigenvalue weighted by Gasteiger charge is 2.17. The summed E-state index contributed by atoms with van der Waals surface area (Å²) in [4.78, 5) is 0. The molecule has 1 N–H and O–H groups in total. The first-order valence-electron chi connectivity index (χ1n) is 5.35. The first kappa shape index (κ1) is 10.5. The number of hydrogen-bond donors (Lipinski definition) is 1. The number of hydrogen-bond acceptors (Lipinski definition) is 5. The van der Waals surface area contributed by atoms with Crippen LogP contribution in [0.5, 0.6) is 5.75 Å². The molecule has 0 fully saturated rings. The summed E-state index contributed by atoms with van der Waals surface area (Å²) < 4.78 is 7.15. The summed E-state index contributed by atoms with van der Waals surface area (Å²) in [5.74, 6) is 2.67. The van der Waals surface area contributed by atoms with Gasteiger partial charge in [-0.3, -0.25) is 0 Å². The van der Waals surface area contributed by atoms with E-state index in [4.69, 9.17) is 4.74 Å². The zero-order chi connectivity index (χ0) is 11.7. The molecule has 0 saturated heterocycles. The molecule has 0 aliphatic carbocycles. The number of ether oxygens (including phenoxy) is 1. The van der Waals surface area contributed by atoms with Gasteiger partial charge < -0.3 is 10.2 Å². The number of rotatable bonds is 2. The van der Waals surface area contributed by atoms with Gasteiger partial charge in [0.2, 0.25) is 5.16 Å². The molecular weight excluding hydrogens is 236 g/mol. The Hall–Kier alpha value is -1.69. The average Bonchev–Trinajstić information content (AvgIpc) is 2.82. The van der Waals surface area contributed by atoms with Crippen LogP contribution in [0.3, 0.4) is 0 Å². The van der Waals surface area contributed by atoms with Crippen molar-refractivity contribution >= 4 is 11.8 Å². The van der Waals surface area contributed by atoms with E-state index < -0.39 is 0 Å². The van der Waals surface area contributed by atoms with Crippen LogP contribution in [-0.2, 0) is 0 Å². The molecule has 1 aliphatic rings. The lowest BCUT2D eigenvalue weighted by molar-refractivity contribution is 0.415. The summed E-state index contributed by atoms with van der Waals surface area (Å²) in [6.45, 7) is 0.923. The first-order valence-corrected chi connectivity index (χ1v) is 6.33. The maximum atomic E-state index is 5.21. The molecule has 0 bridgehead atoms. The van der Waals surface area contributed by atoms with E-state index in [9.17, 15) is 0 Å². The van der Waals surface area contributed by atoms with Gasteiger partial charge in [0.25, 0.3) is 0 Å². The van der Waals surface area contributed by atoms with Gasteiger partial charge >= 0.3 is 0 Å². The second-order valence-corrected chi connectivity index (χ2v) is 4.69. The lowest BCUT2D eigenvalue weighted by Gasteiger charge is -2.16. The zero-order valence-electron chi connectivity index (χ0n) is 9.38. The third-order valence-corrected chi connectivity index (χ3v) is 3.50. The highest BCUT2D eigenvalue weighted by molar-refractivity contribution is 7.99. The Morgan fingerprint density at radius 1 is 1.41 bits per heavy atom. The van der Waals surface area contributed by atoms with E-state index in [0.717, 1.165) is 34.6 Å². The van der Waals surface area contributed by atoms with Crippen molar-refractivity contribution in [2.45, 2.75) is 5.16 Å². The van der Waals surface area contributed by atoms with Crippen molar-refractivity contribution in [2.75, 3.05) is 24.8 Å². The van der Waals surface area contributed by atoms with Gasteiger partial charge in [-0.2, -0.15) is 0 Å². The van der Waals surface area contributed by atoms with E-state index in [1.165, 1.54) is 0 Å². The summed E-state index contributed by atoms with van der Waals surface area (Å²) in [6, 6.07) is 7.82. The summed E-state index contributed by atoms with van der Waals surface area (Å²) in [5.41, 5.74) is 4.28. The molecule has 88 valence electrons.